The van der Waals surface area contributed by atoms with Crippen LogP contribution in [0, 0.1) is 10.1 Å². The van der Waals surface area contributed by atoms with Crippen molar-refractivity contribution in [2.75, 3.05) is 13.1 Å². The molecule has 0 bridgehead atoms. The van der Waals surface area contributed by atoms with Crippen LogP contribution >= 0.6 is 11.6 Å². The molecule has 0 radical (unpaired) electrons. The van der Waals surface area contributed by atoms with E-state index in [0.717, 1.165) is 13.0 Å². The first-order valence-corrected chi connectivity index (χ1v) is 5.36. The van der Waals surface area contributed by atoms with E-state index in [2.05, 4.69) is 5.32 Å². The minimum atomic E-state index is -0.464. The Bertz CT molecular complexity index is 405. The molecule has 1 heterocycles. The fraction of sp³-hybridized carbons (Fsp3) is 0.400. The van der Waals surface area contributed by atoms with Crippen molar-refractivity contribution in [2.24, 2.45) is 0 Å². The number of hydrogen-bond donors (Lipinski definition) is 1. The van der Waals surface area contributed by atoms with Crippen molar-refractivity contribution in [3.63, 3.8) is 0 Å². The van der Waals surface area contributed by atoms with Crippen molar-refractivity contribution in [1.29, 1.82) is 0 Å². The fourth-order valence-corrected chi connectivity index (χ4v) is 1.80. The van der Waals surface area contributed by atoms with E-state index >= 15 is 0 Å². The average molecular weight is 243 g/mol. The van der Waals surface area contributed by atoms with Gasteiger partial charge in [0, 0.05) is 23.7 Å². The molecule has 1 N–H and O–H groups in total. The minimum absolute atomic E-state index is 0.0165. The Morgan fingerprint density at radius 3 is 3.00 bits per heavy atom. The maximum Gasteiger partial charge on any atom is 0.311 e. The van der Waals surface area contributed by atoms with Gasteiger partial charge in [-0.25, -0.2) is 0 Å². The van der Waals surface area contributed by atoms with Crippen molar-refractivity contribution in [2.45, 2.75) is 12.5 Å². The topological polar surface area (TPSA) is 64.4 Å². The van der Waals surface area contributed by atoms with Crippen LogP contribution in [0.2, 0.25) is 5.02 Å². The third kappa shape index (κ3) is 2.43. The lowest BCUT2D eigenvalue weighted by Gasteiger charge is -2.12. The summed E-state index contributed by atoms with van der Waals surface area (Å²) in [6.45, 7) is 1.59. The summed E-state index contributed by atoms with van der Waals surface area (Å²) in [6, 6.07) is 4.33. The summed E-state index contributed by atoms with van der Waals surface area (Å²) in [5.41, 5.74) is -0.0451. The number of nitrogens with one attached hydrogen (secondary N) is 1. The number of halogens is 1. The van der Waals surface area contributed by atoms with Crippen LogP contribution in [0.4, 0.5) is 5.69 Å². The Kier molecular flexibility index (Phi) is 3.26. The molecule has 1 aromatic rings. The van der Waals surface area contributed by atoms with Gasteiger partial charge in [-0.2, -0.15) is 0 Å². The van der Waals surface area contributed by atoms with Crippen molar-refractivity contribution >= 4 is 17.3 Å². The molecule has 1 aliphatic heterocycles. The molecule has 1 atom stereocenters. The van der Waals surface area contributed by atoms with Gasteiger partial charge in [0.25, 0.3) is 0 Å². The van der Waals surface area contributed by atoms with Gasteiger partial charge in [-0.05, 0) is 19.0 Å². The average Bonchev–Trinajstić information content (AvgIpc) is 2.70. The zero-order valence-electron chi connectivity index (χ0n) is 8.48. The highest BCUT2D eigenvalue weighted by atomic mass is 35.5. The summed E-state index contributed by atoms with van der Waals surface area (Å²) in [7, 11) is 0. The quantitative estimate of drug-likeness (QED) is 0.650. The van der Waals surface area contributed by atoms with Gasteiger partial charge >= 0.3 is 5.69 Å². The Morgan fingerprint density at radius 1 is 1.56 bits per heavy atom. The van der Waals surface area contributed by atoms with E-state index in [1.807, 2.05) is 0 Å². The fourth-order valence-electron chi connectivity index (χ4n) is 1.64. The van der Waals surface area contributed by atoms with Crippen LogP contribution in [0.5, 0.6) is 5.75 Å². The standard InChI is InChI=1S/C10H11ClN2O3/c11-7-1-2-9(13(14)15)10(5-7)16-8-3-4-12-6-8/h1-2,5,8,12H,3-4,6H2/t8-/m0/s1. The molecule has 0 aliphatic carbocycles. The molecule has 2 rings (SSSR count). The molecule has 16 heavy (non-hydrogen) atoms. The lowest BCUT2D eigenvalue weighted by Crippen LogP contribution is -2.20. The number of rotatable bonds is 3. The maximum absolute atomic E-state index is 10.8. The highest BCUT2D eigenvalue weighted by Crippen LogP contribution is 2.31. The SMILES string of the molecule is O=[N+]([O-])c1ccc(Cl)cc1O[C@H]1CCNC1. The van der Waals surface area contributed by atoms with Gasteiger partial charge in [0.1, 0.15) is 6.10 Å². The first kappa shape index (κ1) is 11.2. The van der Waals surface area contributed by atoms with Gasteiger partial charge in [0.05, 0.1) is 4.92 Å². The van der Waals surface area contributed by atoms with Gasteiger partial charge in [-0.1, -0.05) is 11.6 Å². The third-order valence-electron chi connectivity index (χ3n) is 2.43. The molecule has 1 fully saturated rings. The van der Waals surface area contributed by atoms with Crippen molar-refractivity contribution in [1.82, 2.24) is 5.32 Å². The molecule has 86 valence electrons. The second kappa shape index (κ2) is 4.67. The van der Waals surface area contributed by atoms with Crippen LogP contribution in [-0.4, -0.2) is 24.1 Å². The van der Waals surface area contributed by atoms with Crippen LogP contribution in [0.3, 0.4) is 0 Å². The Morgan fingerprint density at radius 2 is 2.38 bits per heavy atom. The highest BCUT2D eigenvalue weighted by Gasteiger charge is 2.21. The summed E-state index contributed by atoms with van der Waals surface area (Å²) < 4.78 is 5.56. The summed E-state index contributed by atoms with van der Waals surface area (Å²) in [6.07, 6.45) is 0.834. The number of nitro groups is 1. The number of nitrogens with zero attached hydrogens (tertiary/aromatic N) is 1. The molecule has 1 aliphatic rings. The van der Waals surface area contributed by atoms with Crippen LogP contribution in [0.25, 0.3) is 0 Å². The van der Waals surface area contributed by atoms with E-state index in [4.69, 9.17) is 16.3 Å². The van der Waals surface area contributed by atoms with Crippen LogP contribution in [0.15, 0.2) is 18.2 Å². The molecule has 0 aromatic heterocycles. The summed E-state index contributed by atoms with van der Waals surface area (Å²) in [5, 5.41) is 14.3. The molecule has 0 amide bonds. The molecular weight excluding hydrogens is 232 g/mol. The maximum atomic E-state index is 10.8. The van der Waals surface area contributed by atoms with E-state index in [9.17, 15) is 10.1 Å². The van der Waals surface area contributed by atoms with Crippen molar-refractivity contribution in [3.05, 3.63) is 33.3 Å². The van der Waals surface area contributed by atoms with Crippen LogP contribution in [-0.2, 0) is 0 Å². The van der Waals surface area contributed by atoms with Gasteiger partial charge in [-0.3, -0.25) is 10.1 Å². The zero-order chi connectivity index (χ0) is 11.5. The molecule has 1 saturated heterocycles. The van der Waals surface area contributed by atoms with Crippen LogP contribution in [0.1, 0.15) is 6.42 Å². The first-order chi connectivity index (χ1) is 7.66. The number of nitro benzene ring substituents is 1. The molecule has 6 heteroatoms. The van der Waals surface area contributed by atoms with Gasteiger partial charge in [-0.15, -0.1) is 0 Å². The molecule has 5 nitrogen and oxygen atoms in total. The van der Waals surface area contributed by atoms with Gasteiger partial charge in [0.2, 0.25) is 0 Å². The lowest BCUT2D eigenvalue weighted by molar-refractivity contribution is -0.386. The van der Waals surface area contributed by atoms with E-state index < -0.39 is 4.92 Å². The lowest BCUT2D eigenvalue weighted by atomic mass is 10.2. The van der Waals surface area contributed by atoms with E-state index in [1.165, 1.54) is 18.2 Å². The zero-order valence-corrected chi connectivity index (χ0v) is 9.24. The summed E-state index contributed by atoms with van der Waals surface area (Å²) >= 11 is 5.79. The Hall–Kier alpha value is -1.33. The number of hydrogen-bond acceptors (Lipinski definition) is 4. The van der Waals surface area contributed by atoms with E-state index in [1.54, 1.807) is 0 Å². The van der Waals surface area contributed by atoms with E-state index in [-0.39, 0.29) is 17.5 Å². The Balaban J connectivity index is 2.22. The normalized spacial score (nSPS) is 19.7. The molecule has 0 saturated carbocycles. The smallest absolute Gasteiger partial charge is 0.311 e. The first-order valence-electron chi connectivity index (χ1n) is 4.98. The Labute approximate surface area is 97.5 Å². The largest absolute Gasteiger partial charge is 0.482 e. The summed E-state index contributed by atoms with van der Waals surface area (Å²) in [4.78, 5) is 10.3. The van der Waals surface area contributed by atoms with Crippen LogP contribution < -0.4 is 10.1 Å². The van der Waals surface area contributed by atoms with Crippen molar-refractivity contribution < 1.29 is 9.66 Å². The molecule has 0 spiro atoms. The minimum Gasteiger partial charge on any atom is -0.482 e. The highest BCUT2D eigenvalue weighted by molar-refractivity contribution is 6.30. The molecule has 0 unspecified atom stereocenters. The monoisotopic (exact) mass is 242 g/mol. The summed E-state index contributed by atoms with van der Waals surface area (Å²) in [5.74, 6) is 0.242. The third-order valence-corrected chi connectivity index (χ3v) is 2.66. The van der Waals surface area contributed by atoms with Crippen molar-refractivity contribution in [3.8, 4) is 5.75 Å². The predicted molar refractivity (Wildman–Crippen MR) is 60.0 cm³/mol. The number of ether oxygens (including phenoxy) is 1. The predicted octanol–water partition coefficient (Wildman–Crippen LogP) is 1.99. The molecule has 1 aromatic carbocycles. The van der Waals surface area contributed by atoms with Gasteiger partial charge < -0.3 is 10.1 Å². The second-order valence-corrected chi connectivity index (χ2v) is 4.04. The van der Waals surface area contributed by atoms with E-state index in [0.29, 0.717) is 11.6 Å². The number of benzene rings is 1. The van der Waals surface area contributed by atoms with Gasteiger partial charge in [0.15, 0.2) is 5.75 Å². The molecular formula is C10H11ClN2O3. The second-order valence-electron chi connectivity index (χ2n) is 3.60.